The van der Waals surface area contributed by atoms with Crippen LogP contribution in [0.5, 0.6) is 0 Å². The highest BCUT2D eigenvalue weighted by atomic mass is 35.5. The summed E-state index contributed by atoms with van der Waals surface area (Å²) in [6.45, 7) is 0. The average Bonchev–Trinajstić information content (AvgIpc) is 3.29. The van der Waals surface area contributed by atoms with Crippen LogP contribution in [0, 0.1) is 0 Å². The van der Waals surface area contributed by atoms with Gasteiger partial charge in [0.05, 0.1) is 6.85 Å². The van der Waals surface area contributed by atoms with Crippen molar-refractivity contribution in [2.24, 2.45) is 0 Å². The maximum atomic E-state index is 8.37. The van der Waals surface area contributed by atoms with Crippen LogP contribution >= 0.6 is 11.6 Å². The number of hydrogen-bond acceptors (Lipinski definition) is 4. The third kappa shape index (κ3) is 3.22. The second-order valence-corrected chi connectivity index (χ2v) is 7.45. The molecule has 0 radical (unpaired) electrons. The Morgan fingerprint density at radius 2 is 1.50 bits per heavy atom. The third-order valence-corrected chi connectivity index (χ3v) is 5.33. The van der Waals surface area contributed by atoms with Crippen molar-refractivity contribution in [3.05, 3.63) is 102 Å². The molecule has 0 aliphatic rings. The normalized spacial score (nSPS) is 13.5. The Morgan fingerprint density at radius 3 is 2.34 bits per heavy atom. The lowest BCUT2D eigenvalue weighted by Gasteiger charge is -2.06. The fourth-order valence-electron chi connectivity index (χ4n) is 3.75. The number of rotatable bonds is 3. The summed E-state index contributed by atoms with van der Waals surface area (Å²) in [5.74, 6) is 0.792. The van der Waals surface area contributed by atoms with E-state index in [-0.39, 0.29) is 35.0 Å². The van der Waals surface area contributed by atoms with Crippen LogP contribution in [0.4, 0.5) is 0 Å². The Kier molecular flexibility index (Phi) is 3.35. The van der Waals surface area contributed by atoms with Gasteiger partial charge >= 0.3 is 0 Å². The predicted molar refractivity (Wildman–Crippen MR) is 128 cm³/mol. The van der Waals surface area contributed by atoms with Gasteiger partial charge in [0, 0.05) is 21.9 Å². The monoisotopic (exact) mass is 438 g/mol. The van der Waals surface area contributed by atoms with Gasteiger partial charge in [-0.15, -0.1) is 0 Å². The van der Waals surface area contributed by atoms with Crippen molar-refractivity contribution in [1.29, 1.82) is 0 Å². The van der Waals surface area contributed by atoms with E-state index in [1.165, 1.54) is 0 Å². The molecule has 4 aromatic carbocycles. The molecule has 0 atom stereocenters. The second-order valence-electron chi connectivity index (χ2n) is 7.11. The molecule has 0 fully saturated rings. The standard InChI is InChI=1S/C27H16ClN3O/c28-27-30-25(18-10-5-2-6-11-18)29-26(31-27)20-12-7-13-23-24(20)21-16-19(14-15-22(21)32-23)17-8-3-1-4-9-17/h1-16H/i1D,3D,4D,8D,9D. The maximum Gasteiger partial charge on any atom is 0.226 e. The van der Waals surface area contributed by atoms with E-state index in [9.17, 15) is 0 Å². The Labute approximate surface area is 196 Å². The summed E-state index contributed by atoms with van der Waals surface area (Å²) in [5, 5.41) is 1.45. The lowest BCUT2D eigenvalue weighted by atomic mass is 10.0. The van der Waals surface area contributed by atoms with Crippen LogP contribution in [0.2, 0.25) is 5.28 Å². The van der Waals surface area contributed by atoms with Crippen molar-refractivity contribution in [1.82, 2.24) is 15.0 Å². The van der Waals surface area contributed by atoms with Crippen LogP contribution in [-0.2, 0) is 0 Å². The molecule has 0 saturated carbocycles. The second kappa shape index (κ2) is 7.59. The van der Waals surface area contributed by atoms with Gasteiger partial charge in [-0.2, -0.15) is 9.97 Å². The molecule has 6 aromatic rings. The first kappa shape index (κ1) is 14.1. The van der Waals surface area contributed by atoms with Crippen molar-refractivity contribution in [3.63, 3.8) is 0 Å². The molecule has 0 N–H and O–H groups in total. The molecular weight excluding hydrogens is 418 g/mol. The number of halogens is 1. The molecule has 0 spiro atoms. The van der Waals surface area contributed by atoms with Crippen LogP contribution in [0.3, 0.4) is 0 Å². The van der Waals surface area contributed by atoms with Crippen LogP contribution < -0.4 is 0 Å². The fraction of sp³-hybridized carbons (Fsp3) is 0. The van der Waals surface area contributed by atoms with Crippen LogP contribution in [0.15, 0.2) is 101 Å². The summed E-state index contributed by atoms with van der Waals surface area (Å²) in [6.07, 6.45) is 0. The van der Waals surface area contributed by atoms with E-state index in [0.717, 1.165) is 5.56 Å². The zero-order valence-electron chi connectivity index (χ0n) is 21.5. The molecule has 152 valence electrons. The van der Waals surface area contributed by atoms with Gasteiger partial charge < -0.3 is 4.42 Å². The summed E-state index contributed by atoms with van der Waals surface area (Å²) in [7, 11) is 0. The van der Waals surface area contributed by atoms with Gasteiger partial charge in [0.2, 0.25) is 5.28 Å². The van der Waals surface area contributed by atoms with E-state index in [1.807, 2.05) is 48.5 Å². The van der Waals surface area contributed by atoms with E-state index >= 15 is 0 Å². The number of benzene rings is 4. The summed E-state index contributed by atoms with van der Waals surface area (Å²) < 4.78 is 46.8. The Bertz CT molecular complexity index is 1830. The summed E-state index contributed by atoms with van der Waals surface area (Å²) >= 11 is 6.30. The zero-order valence-corrected chi connectivity index (χ0v) is 17.2. The van der Waals surface area contributed by atoms with Crippen molar-refractivity contribution >= 4 is 33.5 Å². The Morgan fingerprint density at radius 1 is 0.688 bits per heavy atom. The first-order valence-corrected chi connectivity index (χ1v) is 10.2. The topological polar surface area (TPSA) is 51.8 Å². The van der Waals surface area contributed by atoms with E-state index < -0.39 is 6.04 Å². The van der Waals surface area contributed by atoms with Crippen molar-refractivity contribution in [2.75, 3.05) is 0 Å². The Balaban J connectivity index is 1.61. The van der Waals surface area contributed by atoms with E-state index in [0.29, 0.717) is 44.7 Å². The molecule has 0 bridgehead atoms. The van der Waals surface area contributed by atoms with Gasteiger partial charge in [-0.05, 0) is 40.9 Å². The summed E-state index contributed by atoms with van der Waals surface area (Å²) in [5.41, 5.74) is 3.21. The number of aromatic nitrogens is 3. The highest BCUT2D eigenvalue weighted by Crippen LogP contribution is 2.37. The third-order valence-electron chi connectivity index (χ3n) is 5.16. The minimum Gasteiger partial charge on any atom is -0.456 e. The van der Waals surface area contributed by atoms with Crippen LogP contribution in [-0.4, -0.2) is 15.0 Å². The van der Waals surface area contributed by atoms with Crippen molar-refractivity contribution in [2.45, 2.75) is 0 Å². The largest absolute Gasteiger partial charge is 0.456 e. The minimum absolute atomic E-state index is 0.0495. The maximum absolute atomic E-state index is 8.37. The summed E-state index contributed by atoms with van der Waals surface area (Å²) in [4.78, 5) is 13.3. The number of fused-ring (bicyclic) bond motifs is 3. The first-order chi connectivity index (χ1) is 17.8. The molecule has 0 amide bonds. The lowest BCUT2D eigenvalue weighted by molar-refractivity contribution is 0.669. The first-order valence-electron chi connectivity index (χ1n) is 12.3. The van der Waals surface area contributed by atoms with Gasteiger partial charge in [0.15, 0.2) is 11.6 Å². The van der Waals surface area contributed by atoms with Gasteiger partial charge in [0.1, 0.15) is 11.2 Å². The molecule has 0 unspecified atom stereocenters. The van der Waals surface area contributed by atoms with E-state index in [1.54, 1.807) is 18.2 Å². The molecule has 2 aromatic heterocycles. The minimum atomic E-state index is -0.434. The number of furan rings is 1. The smallest absolute Gasteiger partial charge is 0.226 e. The SMILES string of the molecule is [2H]c1c([2H])c([2H])c(-c2ccc3oc4cccc(-c5nc(Cl)nc(-c6ccccc6)n5)c4c3c2)c([2H])c1[2H]. The predicted octanol–water partition coefficient (Wildman–Crippen LogP) is 7.43. The Hall–Kier alpha value is -4.02. The highest BCUT2D eigenvalue weighted by Gasteiger charge is 2.17. The van der Waals surface area contributed by atoms with E-state index in [2.05, 4.69) is 15.0 Å². The average molecular weight is 439 g/mol. The zero-order chi connectivity index (χ0) is 25.8. The molecule has 0 aliphatic carbocycles. The number of hydrogen-bond donors (Lipinski definition) is 0. The molecule has 0 aliphatic heterocycles. The summed E-state index contributed by atoms with van der Waals surface area (Å²) in [6, 6.07) is 18.4. The van der Waals surface area contributed by atoms with Crippen LogP contribution in [0.25, 0.3) is 55.8 Å². The molecule has 32 heavy (non-hydrogen) atoms. The fourth-order valence-corrected chi connectivity index (χ4v) is 3.91. The lowest BCUT2D eigenvalue weighted by Crippen LogP contribution is -1.97. The van der Waals surface area contributed by atoms with Gasteiger partial charge in [-0.1, -0.05) is 78.7 Å². The molecule has 5 heteroatoms. The van der Waals surface area contributed by atoms with Crippen molar-refractivity contribution in [3.8, 4) is 33.9 Å². The molecule has 6 rings (SSSR count). The van der Waals surface area contributed by atoms with Crippen molar-refractivity contribution < 1.29 is 11.3 Å². The molecule has 2 heterocycles. The van der Waals surface area contributed by atoms with Gasteiger partial charge in [0.25, 0.3) is 0 Å². The van der Waals surface area contributed by atoms with Crippen LogP contribution in [0.1, 0.15) is 6.85 Å². The number of nitrogens with zero attached hydrogens (tertiary/aromatic N) is 3. The van der Waals surface area contributed by atoms with E-state index in [4.69, 9.17) is 22.9 Å². The van der Waals surface area contributed by atoms with Gasteiger partial charge in [-0.3, -0.25) is 0 Å². The highest BCUT2D eigenvalue weighted by molar-refractivity contribution is 6.28. The quantitative estimate of drug-likeness (QED) is 0.288. The molecule has 0 saturated heterocycles. The molecular formula is C27H16ClN3O. The van der Waals surface area contributed by atoms with Gasteiger partial charge in [-0.25, -0.2) is 4.98 Å². The molecule has 4 nitrogen and oxygen atoms in total.